The van der Waals surface area contributed by atoms with Crippen LogP contribution in [0.2, 0.25) is 0 Å². The van der Waals surface area contributed by atoms with Crippen molar-refractivity contribution in [2.75, 3.05) is 0 Å². The van der Waals surface area contributed by atoms with Gasteiger partial charge in [0.05, 0.1) is 11.5 Å². The van der Waals surface area contributed by atoms with Gasteiger partial charge in [-0.25, -0.2) is 0 Å². The van der Waals surface area contributed by atoms with Crippen LogP contribution in [0.25, 0.3) is 0 Å². The first-order valence-corrected chi connectivity index (χ1v) is 8.82. The third kappa shape index (κ3) is 2.08. The van der Waals surface area contributed by atoms with Gasteiger partial charge in [-0.3, -0.25) is 4.79 Å². The lowest BCUT2D eigenvalue weighted by Gasteiger charge is -2.45. The molecular formula is C19H30O3. The summed E-state index contributed by atoms with van der Waals surface area (Å²) in [5, 5.41) is 0. The molecule has 2 heterocycles. The van der Waals surface area contributed by atoms with Gasteiger partial charge in [-0.15, -0.1) is 0 Å². The van der Waals surface area contributed by atoms with Gasteiger partial charge in [0.2, 0.25) is 5.79 Å². The third-order valence-corrected chi connectivity index (χ3v) is 6.29. The molecule has 0 aromatic heterocycles. The number of carbonyl (C=O) groups is 1. The second-order valence-electron chi connectivity index (χ2n) is 8.37. The van der Waals surface area contributed by atoms with E-state index in [9.17, 15) is 4.79 Å². The van der Waals surface area contributed by atoms with Gasteiger partial charge in [0, 0.05) is 18.3 Å². The van der Waals surface area contributed by atoms with Crippen LogP contribution in [-0.2, 0) is 14.3 Å². The molecule has 3 rings (SSSR count). The van der Waals surface area contributed by atoms with Crippen molar-refractivity contribution in [3.63, 3.8) is 0 Å². The molecule has 0 aromatic carbocycles. The van der Waals surface area contributed by atoms with E-state index in [0.29, 0.717) is 24.2 Å². The molecular weight excluding hydrogens is 276 g/mol. The van der Waals surface area contributed by atoms with Crippen LogP contribution in [0.5, 0.6) is 0 Å². The fraction of sp³-hybridized carbons (Fsp3) is 0.842. The van der Waals surface area contributed by atoms with E-state index in [-0.39, 0.29) is 23.4 Å². The van der Waals surface area contributed by atoms with Crippen molar-refractivity contribution in [3.8, 4) is 0 Å². The maximum Gasteiger partial charge on any atom is 0.310 e. The predicted molar refractivity (Wildman–Crippen MR) is 86.1 cm³/mol. The van der Waals surface area contributed by atoms with E-state index >= 15 is 0 Å². The Balaban J connectivity index is 2.00. The minimum atomic E-state index is -0.776. The smallest absolute Gasteiger partial charge is 0.310 e. The van der Waals surface area contributed by atoms with Crippen molar-refractivity contribution in [3.05, 3.63) is 12.2 Å². The van der Waals surface area contributed by atoms with Crippen molar-refractivity contribution < 1.29 is 14.3 Å². The van der Waals surface area contributed by atoms with E-state index in [1.807, 2.05) is 13.8 Å². The quantitative estimate of drug-likeness (QED) is 0.575. The van der Waals surface area contributed by atoms with Crippen LogP contribution in [0.3, 0.4) is 0 Å². The maximum absolute atomic E-state index is 12.3. The number of ether oxygens (including phenoxy) is 2. The van der Waals surface area contributed by atoms with Crippen LogP contribution < -0.4 is 0 Å². The highest BCUT2D eigenvalue weighted by Crippen LogP contribution is 2.64. The summed E-state index contributed by atoms with van der Waals surface area (Å²) in [6, 6.07) is 0. The SMILES string of the molecule is C=C1C[C@]2(OC(=O)C(C)C)O[C@@]3(C[C@H]2C(C)C)[C@@H](C)CC[C@@H]13. The average molecular weight is 306 g/mol. The summed E-state index contributed by atoms with van der Waals surface area (Å²) < 4.78 is 12.7. The Kier molecular flexibility index (Phi) is 3.71. The molecule has 0 amide bonds. The van der Waals surface area contributed by atoms with Crippen LogP contribution in [0.4, 0.5) is 0 Å². The zero-order valence-electron chi connectivity index (χ0n) is 14.6. The second kappa shape index (κ2) is 5.09. The molecule has 5 atom stereocenters. The molecule has 124 valence electrons. The molecule has 0 N–H and O–H groups in total. The molecule has 0 radical (unpaired) electrons. The molecule has 1 spiro atoms. The number of rotatable bonds is 3. The molecule has 0 aromatic rings. The van der Waals surface area contributed by atoms with Crippen molar-refractivity contribution in [1.82, 2.24) is 0 Å². The standard InChI is InChI=1S/C19H30O3/c1-11(2)16-10-18-14(6)7-8-15(18)13(5)9-19(16,22-18)21-17(20)12(3)4/h11-12,14-16H,5,7-10H2,1-4,6H3/t14-,15-,16-,18-,19-/m0/s1. The Morgan fingerprint density at radius 3 is 2.59 bits per heavy atom. The van der Waals surface area contributed by atoms with Crippen molar-refractivity contribution in [2.24, 2.45) is 29.6 Å². The minimum absolute atomic E-state index is 0.130. The Labute approximate surface area is 134 Å². The van der Waals surface area contributed by atoms with Crippen LogP contribution in [0.15, 0.2) is 12.2 Å². The van der Waals surface area contributed by atoms with Gasteiger partial charge in [0.1, 0.15) is 0 Å². The molecule has 22 heavy (non-hydrogen) atoms. The summed E-state index contributed by atoms with van der Waals surface area (Å²) >= 11 is 0. The highest BCUT2D eigenvalue weighted by Gasteiger charge is 2.68. The molecule has 3 fully saturated rings. The summed E-state index contributed by atoms with van der Waals surface area (Å²) in [5.41, 5.74) is 1.08. The molecule has 1 saturated carbocycles. The highest BCUT2D eigenvalue weighted by atomic mass is 16.7. The summed E-state index contributed by atoms with van der Waals surface area (Å²) in [5.74, 6) is 0.583. The molecule has 2 aliphatic heterocycles. The molecule has 3 aliphatic rings. The Morgan fingerprint density at radius 2 is 2.00 bits per heavy atom. The molecule has 1 aliphatic carbocycles. The van der Waals surface area contributed by atoms with Crippen LogP contribution in [-0.4, -0.2) is 17.4 Å². The van der Waals surface area contributed by atoms with Gasteiger partial charge in [-0.2, -0.15) is 0 Å². The van der Waals surface area contributed by atoms with Crippen LogP contribution >= 0.6 is 0 Å². The van der Waals surface area contributed by atoms with E-state index in [1.54, 1.807) is 0 Å². The lowest BCUT2D eigenvalue weighted by Crippen LogP contribution is -2.51. The number of fused-ring (bicyclic) bond motifs is 1. The first-order chi connectivity index (χ1) is 10.2. The molecule has 2 bridgehead atoms. The topological polar surface area (TPSA) is 35.5 Å². The van der Waals surface area contributed by atoms with Crippen molar-refractivity contribution in [1.29, 1.82) is 0 Å². The number of hydrogen-bond donors (Lipinski definition) is 0. The predicted octanol–water partition coefficient (Wildman–Crippen LogP) is 4.32. The van der Waals surface area contributed by atoms with E-state index in [0.717, 1.165) is 6.42 Å². The minimum Gasteiger partial charge on any atom is -0.432 e. The van der Waals surface area contributed by atoms with Crippen LogP contribution in [0, 0.1) is 29.6 Å². The van der Waals surface area contributed by atoms with Gasteiger partial charge in [-0.1, -0.05) is 46.8 Å². The highest BCUT2D eigenvalue weighted by molar-refractivity contribution is 5.72. The third-order valence-electron chi connectivity index (χ3n) is 6.29. The summed E-state index contributed by atoms with van der Waals surface area (Å²) in [7, 11) is 0. The second-order valence-corrected chi connectivity index (χ2v) is 8.37. The number of hydrogen-bond acceptors (Lipinski definition) is 3. The normalized spacial score (nSPS) is 43.8. The van der Waals surface area contributed by atoms with Gasteiger partial charge in [0.25, 0.3) is 0 Å². The lowest BCUT2D eigenvalue weighted by atomic mass is 9.77. The largest absolute Gasteiger partial charge is 0.432 e. The number of esters is 1. The fourth-order valence-corrected chi connectivity index (χ4v) is 5.02. The van der Waals surface area contributed by atoms with E-state index in [2.05, 4.69) is 27.4 Å². The lowest BCUT2D eigenvalue weighted by molar-refractivity contribution is -0.282. The van der Waals surface area contributed by atoms with Gasteiger partial charge in [-0.05, 0) is 31.1 Å². The van der Waals surface area contributed by atoms with Gasteiger partial charge >= 0.3 is 5.97 Å². The fourth-order valence-electron chi connectivity index (χ4n) is 5.02. The Hall–Kier alpha value is -0.830. The monoisotopic (exact) mass is 306 g/mol. The molecule has 3 nitrogen and oxygen atoms in total. The van der Waals surface area contributed by atoms with E-state index < -0.39 is 5.79 Å². The number of carbonyl (C=O) groups excluding carboxylic acids is 1. The summed E-state index contributed by atoms with van der Waals surface area (Å²) in [4.78, 5) is 12.3. The summed E-state index contributed by atoms with van der Waals surface area (Å²) in [6.45, 7) is 14.8. The average Bonchev–Trinajstić information content (AvgIpc) is 2.87. The van der Waals surface area contributed by atoms with Crippen molar-refractivity contribution in [2.45, 2.75) is 71.7 Å². The zero-order chi connectivity index (χ0) is 16.3. The Bertz CT molecular complexity index is 495. The maximum atomic E-state index is 12.3. The van der Waals surface area contributed by atoms with Crippen LogP contribution in [0.1, 0.15) is 60.3 Å². The summed E-state index contributed by atoms with van der Waals surface area (Å²) in [6.07, 6.45) is 4.02. The molecule has 0 unspecified atom stereocenters. The van der Waals surface area contributed by atoms with E-state index in [1.165, 1.54) is 18.4 Å². The van der Waals surface area contributed by atoms with Crippen molar-refractivity contribution >= 4 is 5.97 Å². The van der Waals surface area contributed by atoms with Gasteiger partial charge in [0.15, 0.2) is 0 Å². The van der Waals surface area contributed by atoms with Gasteiger partial charge < -0.3 is 9.47 Å². The first kappa shape index (κ1) is 16.0. The van der Waals surface area contributed by atoms with E-state index in [4.69, 9.17) is 9.47 Å². The zero-order valence-corrected chi connectivity index (χ0v) is 14.6. The Morgan fingerprint density at radius 1 is 1.32 bits per heavy atom. The first-order valence-electron chi connectivity index (χ1n) is 8.82. The molecule has 3 heteroatoms. The molecule has 2 saturated heterocycles.